The van der Waals surface area contributed by atoms with Crippen LogP contribution >= 0.6 is 0 Å². The molecule has 0 aromatic heterocycles. The zero-order valence-electron chi connectivity index (χ0n) is 16.7. The van der Waals surface area contributed by atoms with E-state index in [9.17, 15) is 4.79 Å². The summed E-state index contributed by atoms with van der Waals surface area (Å²) in [6.07, 6.45) is 7.17. The van der Waals surface area contributed by atoms with Crippen LogP contribution in [0.25, 0.3) is 10.8 Å². The van der Waals surface area contributed by atoms with Gasteiger partial charge in [-0.15, -0.1) is 0 Å². The highest BCUT2D eigenvalue weighted by molar-refractivity contribution is 5.86. The van der Waals surface area contributed by atoms with Gasteiger partial charge in [0.25, 0.3) is 0 Å². The van der Waals surface area contributed by atoms with Crippen molar-refractivity contribution >= 4 is 16.7 Å². The molecule has 1 aliphatic carbocycles. The number of carbonyl (C=O) groups is 1. The summed E-state index contributed by atoms with van der Waals surface area (Å²) in [6.45, 7) is 2.15. The number of nitrogens with one attached hydrogen (secondary N) is 1. The maximum atomic E-state index is 12.7. The molecule has 1 amide bonds. The minimum Gasteiger partial charge on any atom is -0.349 e. The molecule has 1 atom stereocenters. The third kappa shape index (κ3) is 4.11. The Balaban J connectivity index is 1.42. The molecule has 0 aliphatic heterocycles. The number of fused-ring (bicyclic) bond motifs is 2. The molecule has 0 heterocycles. The first-order chi connectivity index (χ1) is 13.7. The molecule has 0 spiro atoms. The van der Waals surface area contributed by atoms with E-state index in [-0.39, 0.29) is 11.9 Å². The Morgan fingerprint density at radius 3 is 2.61 bits per heavy atom. The van der Waals surface area contributed by atoms with Crippen LogP contribution in [-0.4, -0.2) is 5.91 Å². The zero-order chi connectivity index (χ0) is 19.3. The molecular formula is C26H29NO. The lowest BCUT2D eigenvalue weighted by atomic mass is 9.88. The molecule has 4 rings (SSSR count). The minimum atomic E-state index is 0.104. The van der Waals surface area contributed by atoms with Gasteiger partial charge in [0.1, 0.15) is 0 Å². The van der Waals surface area contributed by atoms with E-state index < -0.39 is 0 Å². The molecule has 2 nitrogen and oxygen atoms in total. The predicted molar refractivity (Wildman–Crippen MR) is 117 cm³/mol. The average molecular weight is 372 g/mol. The van der Waals surface area contributed by atoms with Gasteiger partial charge in [0, 0.05) is 6.42 Å². The number of hydrogen-bond acceptors (Lipinski definition) is 1. The highest BCUT2D eigenvalue weighted by Crippen LogP contribution is 2.26. The molecular weight excluding hydrogens is 342 g/mol. The molecule has 0 saturated carbocycles. The molecule has 144 valence electrons. The standard InChI is InChI=1S/C26H29NO/c1-2-25(23-15-14-19-8-3-4-10-22(19)18-23)27-26(28)17-16-21-12-7-11-20-9-5-6-13-24(20)21/h5-7,9,11-15,18,25H,2-4,8,10,16-17H2,1H3,(H,27,28)/t25-/m1/s1. The van der Waals surface area contributed by atoms with Gasteiger partial charge in [-0.05, 0) is 71.6 Å². The Hall–Kier alpha value is -2.61. The summed E-state index contributed by atoms with van der Waals surface area (Å²) in [4.78, 5) is 12.7. The molecule has 0 unspecified atom stereocenters. The highest BCUT2D eigenvalue weighted by atomic mass is 16.1. The van der Waals surface area contributed by atoms with Gasteiger partial charge >= 0.3 is 0 Å². The first-order valence-electron chi connectivity index (χ1n) is 10.6. The summed E-state index contributed by atoms with van der Waals surface area (Å²) in [5.74, 6) is 0.137. The van der Waals surface area contributed by atoms with Crippen LogP contribution in [0.3, 0.4) is 0 Å². The average Bonchev–Trinajstić information content (AvgIpc) is 2.75. The van der Waals surface area contributed by atoms with Crippen LogP contribution in [0.5, 0.6) is 0 Å². The van der Waals surface area contributed by atoms with E-state index in [1.165, 1.54) is 58.7 Å². The first-order valence-corrected chi connectivity index (χ1v) is 10.6. The van der Waals surface area contributed by atoms with Crippen molar-refractivity contribution < 1.29 is 4.79 Å². The largest absolute Gasteiger partial charge is 0.349 e. The van der Waals surface area contributed by atoms with Crippen molar-refractivity contribution in [3.63, 3.8) is 0 Å². The smallest absolute Gasteiger partial charge is 0.220 e. The van der Waals surface area contributed by atoms with E-state index in [2.05, 4.69) is 72.9 Å². The van der Waals surface area contributed by atoms with Crippen molar-refractivity contribution in [2.24, 2.45) is 0 Å². The number of amides is 1. The van der Waals surface area contributed by atoms with Gasteiger partial charge in [0.15, 0.2) is 0 Å². The second kappa shape index (κ2) is 8.60. The monoisotopic (exact) mass is 371 g/mol. The fraction of sp³-hybridized carbons (Fsp3) is 0.346. The van der Waals surface area contributed by atoms with E-state index in [0.717, 1.165) is 12.8 Å². The normalized spacial score (nSPS) is 14.5. The fourth-order valence-corrected chi connectivity index (χ4v) is 4.42. The molecule has 0 fully saturated rings. The molecule has 3 aromatic rings. The summed E-state index contributed by atoms with van der Waals surface area (Å²) in [5, 5.41) is 5.76. The first kappa shape index (κ1) is 18.7. The number of aryl methyl sites for hydroxylation is 3. The van der Waals surface area contributed by atoms with Crippen molar-refractivity contribution in [3.05, 3.63) is 82.9 Å². The number of hydrogen-bond donors (Lipinski definition) is 1. The Morgan fingerprint density at radius 2 is 1.75 bits per heavy atom. The van der Waals surface area contributed by atoms with Crippen molar-refractivity contribution in [2.75, 3.05) is 0 Å². The SMILES string of the molecule is CC[C@@H](NC(=O)CCc1cccc2ccccc12)c1ccc2c(c1)CCCC2. The number of benzene rings is 3. The fourth-order valence-electron chi connectivity index (χ4n) is 4.42. The van der Waals surface area contributed by atoms with Crippen LogP contribution < -0.4 is 5.32 Å². The Morgan fingerprint density at radius 1 is 0.964 bits per heavy atom. The summed E-state index contributed by atoms with van der Waals surface area (Å²) < 4.78 is 0. The quantitative estimate of drug-likeness (QED) is 0.572. The van der Waals surface area contributed by atoms with Crippen LogP contribution in [0, 0.1) is 0 Å². The molecule has 1 aliphatic rings. The Bertz CT molecular complexity index is 970. The van der Waals surface area contributed by atoms with E-state index in [0.29, 0.717) is 6.42 Å². The van der Waals surface area contributed by atoms with E-state index in [1.807, 2.05) is 0 Å². The lowest BCUT2D eigenvalue weighted by Gasteiger charge is -2.22. The van der Waals surface area contributed by atoms with Gasteiger partial charge < -0.3 is 5.32 Å². The van der Waals surface area contributed by atoms with Crippen molar-refractivity contribution in [2.45, 2.75) is 57.9 Å². The van der Waals surface area contributed by atoms with Crippen LogP contribution in [0.2, 0.25) is 0 Å². The lowest BCUT2D eigenvalue weighted by molar-refractivity contribution is -0.121. The molecule has 28 heavy (non-hydrogen) atoms. The van der Waals surface area contributed by atoms with Crippen LogP contribution in [0.1, 0.15) is 60.9 Å². The second-order valence-corrected chi connectivity index (χ2v) is 7.90. The van der Waals surface area contributed by atoms with Gasteiger partial charge in [0.05, 0.1) is 6.04 Å². The summed E-state index contributed by atoms with van der Waals surface area (Å²) >= 11 is 0. The van der Waals surface area contributed by atoms with Crippen molar-refractivity contribution in [1.82, 2.24) is 5.32 Å². The summed E-state index contributed by atoms with van der Waals surface area (Å²) in [7, 11) is 0. The van der Waals surface area contributed by atoms with Crippen LogP contribution in [-0.2, 0) is 24.1 Å². The highest BCUT2D eigenvalue weighted by Gasteiger charge is 2.16. The van der Waals surface area contributed by atoms with E-state index in [4.69, 9.17) is 0 Å². The summed E-state index contributed by atoms with van der Waals surface area (Å²) in [5.41, 5.74) is 5.47. The third-order valence-electron chi connectivity index (χ3n) is 6.02. The van der Waals surface area contributed by atoms with Gasteiger partial charge in [-0.2, -0.15) is 0 Å². The number of rotatable bonds is 6. The number of carbonyl (C=O) groups excluding carboxylic acids is 1. The molecule has 0 saturated heterocycles. The van der Waals surface area contributed by atoms with E-state index in [1.54, 1.807) is 0 Å². The minimum absolute atomic E-state index is 0.104. The topological polar surface area (TPSA) is 29.1 Å². The molecule has 2 heteroatoms. The molecule has 0 bridgehead atoms. The third-order valence-corrected chi connectivity index (χ3v) is 6.02. The molecule has 3 aromatic carbocycles. The van der Waals surface area contributed by atoms with Crippen molar-refractivity contribution in [3.8, 4) is 0 Å². The van der Waals surface area contributed by atoms with Crippen LogP contribution in [0.4, 0.5) is 0 Å². The molecule has 0 radical (unpaired) electrons. The van der Waals surface area contributed by atoms with E-state index >= 15 is 0 Å². The van der Waals surface area contributed by atoms with Crippen LogP contribution in [0.15, 0.2) is 60.7 Å². The maximum Gasteiger partial charge on any atom is 0.220 e. The predicted octanol–water partition coefficient (Wildman–Crippen LogP) is 5.92. The Kier molecular flexibility index (Phi) is 5.76. The van der Waals surface area contributed by atoms with Gasteiger partial charge in [-0.1, -0.05) is 67.6 Å². The van der Waals surface area contributed by atoms with Gasteiger partial charge in [-0.3, -0.25) is 4.79 Å². The lowest BCUT2D eigenvalue weighted by Crippen LogP contribution is -2.28. The van der Waals surface area contributed by atoms with Gasteiger partial charge in [0.2, 0.25) is 5.91 Å². The zero-order valence-corrected chi connectivity index (χ0v) is 16.7. The molecule has 1 N–H and O–H groups in total. The maximum absolute atomic E-state index is 12.7. The van der Waals surface area contributed by atoms with Gasteiger partial charge in [-0.25, -0.2) is 0 Å². The van der Waals surface area contributed by atoms with Crippen molar-refractivity contribution in [1.29, 1.82) is 0 Å². The second-order valence-electron chi connectivity index (χ2n) is 7.90. The summed E-state index contributed by atoms with van der Waals surface area (Å²) in [6, 6.07) is 21.7. The Labute approximate surface area is 168 Å².